The lowest BCUT2D eigenvalue weighted by Gasteiger charge is -2.24. The number of ether oxygens (including phenoxy) is 2. The molecule has 5 heterocycles. The van der Waals surface area contributed by atoms with Gasteiger partial charge in [0, 0.05) is 47.9 Å². The van der Waals surface area contributed by atoms with Gasteiger partial charge >= 0.3 is 0 Å². The first-order valence-corrected chi connectivity index (χ1v) is 13.1. The zero-order chi connectivity index (χ0) is 27.5. The van der Waals surface area contributed by atoms with Gasteiger partial charge in [-0.2, -0.15) is 5.10 Å². The number of carbonyl (C=O) groups is 1. The smallest absolute Gasteiger partial charge is 0.255 e. The van der Waals surface area contributed by atoms with Crippen molar-refractivity contribution in [1.29, 1.82) is 0 Å². The molecule has 5 aromatic rings. The van der Waals surface area contributed by atoms with Gasteiger partial charge in [-0.15, -0.1) is 0 Å². The van der Waals surface area contributed by atoms with Gasteiger partial charge in [0.25, 0.3) is 5.91 Å². The van der Waals surface area contributed by atoms with Crippen molar-refractivity contribution < 1.29 is 14.3 Å². The fraction of sp³-hybridized carbons (Fsp3) is 0.200. The first kappa shape index (κ1) is 24.4. The lowest BCUT2D eigenvalue weighted by atomic mass is 10.0. The number of halogens is 1. The summed E-state index contributed by atoms with van der Waals surface area (Å²) in [6, 6.07) is 11.0. The monoisotopic (exact) mass is 550 g/mol. The first-order valence-electron chi connectivity index (χ1n) is 12.7. The number of pyridine rings is 2. The zero-order valence-corrected chi connectivity index (χ0v) is 22.5. The van der Waals surface area contributed by atoms with E-state index in [1.807, 2.05) is 31.3 Å². The molecule has 0 saturated heterocycles. The van der Waals surface area contributed by atoms with E-state index >= 15 is 0 Å². The molecule has 198 valence electrons. The maximum atomic E-state index is 13.7. The highest BCUT2D eigenvalue weighted by Crippen LogP contribution is 2.38. The normalized spacial score (nSPS) is 15.4. The molecular formula is C30H23ClN6O3. The Labute approximate surface area is 234 Å². The number of benzene rings is 2. The minimum absolute atomic E-state index is 0.209. The van der Waals surface area contributed by atoms with Crippen molar-refractivity contribution in [1.82, 2.24) is 24.6 Å². The molecule has 2 aliphatic rings. The number of amides is 1. The van der Waals surface area contributed by atoms with Crippen LogP contribution in [0.3, 0.4) is 0 Å². The highest BCUT2D eigenvalue weighted by atomic mass is 35.5. The molecule has 0 spiro atoms. The summed E-state index contributed by atoms with van der Waals surface area (Å²) in [5, 5.41) is 5.37. The van der Waals surface area contributed by atoms with Crippen molar-refractivity contribution in [3.05, 3.63) is 87.2 Å². The highest BCUT2D eigenvalue weighted by Gasteiger charge is 2.32. The molecule has 10 heteroatoms. The molecule has 0 unspecified atom stereocenters. The molecule has 9 nitrogen and oxygen atoms in total. The minimum atomic E-state index is -0.272. The third-order valence-corrected chi connectivity index (χ3v) is 7.87. The van der Waals surface area contributed by atoms with Crippen LogP contribution in [0, 0.1) is 11.8 Å². The van der Waals surface area contributed by atoms with E-state index in [9.17, 15) is 4.79 Å². The summed E-state index contributed by atoms with van der Waals surface area (Å²) < 4.78 is 13.4. The van der Waals surface area contributed by atoms with E-state index in [1.54, 1.807) is 41.2 Å². The van der Waals surface area contributed by atoms with E-state index in [2.05, 4.69) is 26.9 Å². The minimum Gasteiger partial charge on any atom is -0.491 e. The van der Waals surface area contributed by atoms with Crippen molar-refractivity contribution in [2.45, 2.75) is 19.3 Å². The molecule has 2 N–H and O–H groups in total. The van der Waals surface area contributed by atoms with Crippen LogP contribution in [0.15, 0.2) is 48.8 Å². The Hall–Kier alpha value is -4.65. The predicted octanol–water partition coefficient (Wildman–Crippen LogP) is 4.39. The van der Waals surface area contributed by atoms with Gasteiger partial charge in [-0.1, -0.05) is 29.5 Å². The number of nitrogens with two attached hydrogens (primary N) is 1. The summed E-state index contributed by atoms with van der Waals surface area (Å²) in [6.07, 6.45) is 3.46. The number of aryl methyl sites for hydroxylation is 1. The maximum Gasteiger partial charge on any atom is 0.255 e. The highest BCUT2D eigenvalue weighted by molar-refractivity contribution is 6.34. The van der Waals surface area contributed by atoms with Crippen molar-refractivity contribution in [3.63, 3.8) is 0 Å². The van der Waals surface area contributed by atoms with E-state index < -0.39 is 0 Å². The van der Waals surface area contributed by atoms with Crippen molar-refractivity contribution >= 4 is 45.3 Å². The van der Waals surface area contributed by atoms with Crippen LogP contribution < -0.4 is 10.5 Å². The van der Waals surface area contributed by atoms with Gasteiger partial charge in [0.15, 0.2) is 0 Å². The molecule has 2 aliphatic heterocycles. The molecule has 0 saturated carbocycles. The molecule has 2 aromatic carbocycles. The average Bonchev–Trinajstić information content (AvgIpc) is 3.70. The fourth-order valence-corrected chi connectivity index (χ4v) is 5.56. The number of hydrogen-bond acceptors (Lipinski definition) is 7. The SMILES string of the molecule is CN(C(=O)c1cc2c3c(c(N)nc2cc1Cl)COC3)[C@@H]1COc2cc(C#Cc3cnc4cnn(C)c4c3)ccc21. The van der Waals surface area contributed by atoms with E-state index in [-0.39, 0.29) is 11.9 Å². The number of nitrogens with zero attached hydrogens (tertiary/aromatic N) is 5. The zero-order valence-electron chi connectivity index (χ0n) is 21.7. The Kier molecular flexibility index (Phi) is 5.63. The number of rotatable bonds is 2. The number of anilines is 1. The van der Waals surface area contributed by atoms with Crippen LogP contribution in [0.1, 0.15) is 44.2 Å². The number of nitrogen functional groups attached to an aromatic ring is 1. The van der Waals surface area contributed by atoms with E-state index in [1.165, 1.54) is 0 Å². The van der Waals surface area contributed by atoms with Crippen molar-refractivity contribution in [2.75, 3.05) is 19.4 Å². The molecular weight excluding hydrogens is 528 g/mol. The Morgan fingerprint density at radius 1 is 1.10 bits per heavy atom. The number of fused-ring (bicyclic) bond motifs is 5. The largest absolute Gasteiger partial charge is 0.491 e. The van der Waals surface area contributed by atoms with Crippen molar-refractivity contribution in [2.24, 2.45) is 7.05 Å². The second-order valence-electron chi connectivity index (χ2n) is 9.94. The lowest BCUT2D eigenvalue weighted by Crippen LogP contribution is -2.32. The summed E-state index contributed by atoms with van der Waals surface area (Å²) in [6.45, 7) is 1.17. The molecule has 1 atom stereocenters. The Morgan fingerprint density at radius 2 is 1.93 bits per heavy atom. The van der Waals surface area contributed by atoms with Crippen LogP contribution in [-0.4, -0.2) is 44.2 Å². The van der Waals surface area contributed by atoms with Gasteiger partial charge in [-0.3, -0.25) is 14.5 Å². The third-order valence-electron chi connectivity index (χ3n) is 7.56. The second-order valence-corrected chi connectivity index (χ2v) is 10.3. The van der Waals surface area contributed by atoms with Crippen LogP contribution in [0.25, 0.3) is 21.9 Å². The summed E-state index contributed by atoms with van der Waals surface area (Å²) in [5.41, 5.74) is 13.2. The van der Waals surface area contributed by atoms with Crippen LogP contribution in [0.2, 0.25) is 5.02 Å². The van der Waals surface area contributed by atoms with E-state index in [4.69, 9.17) is 26.8 Å². The molecule has 0 bridgehead atoms. The van der Waals surface area contributed by atoms with Crippen LogP contribution in [0.5, 0.6) is 5.75 Å². The molecule has 40 heavy (non-hydrogen) atoms. The summed E-state index contributed by atoms with van der Waals surface area (Å²) in [5.74, 6) is 7.28. The number of aromatic nitrogens is 4. The molecule has 3 aromatic heterocycles. The number of hydrogen-bond donors (Lipinski definition) is 1. The van der Waals surface area contributed by atoms with Crippen LogP contribution in [0.4, 0.5) is 5.82 Å². The van der Waals surface area contributed by atoms with Gasteiger partial charge in [-0.25, -0.2) is 4.98 Å². The molecule has 0 fully saturated rings. The van der Waals surface area contributed by atoms with Gasteiger partial charge in [0.05, 0.1) is 47.1 Å². The maximum absolute atomic E-state index is 13.7. The predicted molar refractivity (Wildman–Crippen MR) is 151 cm³/mol. The Balaban J connectivity index is 1.15. The van der Waals surface area contributed by atoms with E-state index in [0.29, 0.717) is 47.5 Å². The van der Waals surface area contributed by atoms with Gasteiger partial charge in [-0.05, 0) is 35.9 Å². The van der Waals surface area contributed by atoms with Crippen molar-refractivity contribution in [3.8, 4) is 17.6 Å². The molecule has 0 aliphatic carbocycles. The molecule has 1 amide bonds. The van der Waals surface area contributed by atoms with Gasteiger partial charge < -0.3 is 20.1 Å². The Bertz CT molecular complexity index is 1940. The lowest BCUT2D eigenvalue weighted by molar-refractivity contribution is 0.0709. The first-order chi connectivity index (χ1) is 19.4. The van der Waals surface area contributed by atoms with E-state index in [0.717, 1.165) is 44.2 Å². The van der Waals surface area contributed by atoms with Crippen LogP contribution in [-0.2, 0) is 25.0 Å². The quantitative estimate of drug-likeness (QED) is 0.325. The number of likely N-dealkylation sites (N-methyl/N-ethyl adjacent to an activating group) is 1. The fourth-order valence-electron chi connectivity index (χ4n) is 5.32. The summed E-state index contributed by atoms with van der Waals surface area (Å²) in [4.78, 5) is 24.2. The second kappa shape index (κ2) is 9.23. The van der Waals surface area contributed by atoms with Gasteiger partial charge in [0.1, 0.15) is 23.7 Å². The topological polar surface area (TPSA) is 108 Å². The molecule has 7 rings (SSSR count). The number of carbonyl (C=O) groups excluding carboxylic acids is 1. The summed E-state index contributed by atoms with van der Waals surface area (Å²) in [7, 11) is 3.63. The average molecular weight is 551 g/mol. The van der Waals surface area contributed by atoms with Crippen LogP contribution >= 0.6 is 11.6 Å². The standard InChI is InChI=1S/C30H23ClN6O3/c1-36(30(38)20-9-19-21-13-39-14-22(21)29(32)35-24(19)10-23(20)31)27-15-40-28-8-16(5-6-18(27)28)3-4-17-7-26-25(33-11-17)12-34-37(26)2/h5-12,27H,13-15H2,1-2H3,(H2,32,35)/t27-/m1/s1. The third kappa shape index (κ3) is 3.92. The summed E-state index contributed by atoms with van der Waals surface area (Å²) >= 11 is 6.58. The molecule has 0 radical (unpaired) electrons. The van der Waals surface area contributed by atoms with Gasteiger partial charge in [0.2, 0.25) is 0 Å². The Morgan fingerprint density at radius 3 is 2.80 bits per heavy atom.